The van der Waals surface area contributed by atoms with E-state index < -0.39 is 12.3 Å². The lowest BCUT2D eigenvalue weighted by Gasteiger charge is -2.21. The first kappa shape index (κ1) is 13.1. The Hall–Kier alpha value is -0.940. The van der Waals surface area contributed by atoms with Crippen molar-refractivity contribution in [2.24, 2.45) is 5.73 Å². The second-order valence-corrected chi connectivity index (χ2v) is 3.62. The van der Waals surface area contributed by atoms with Crippen molar-refractivity contribution in [3.05, 3.63) is 29.3 Å². The van der Waals surface area contributed by atoms with Crippen LogP contribution in [0.25, 0.3) is 0 Å². The first-order valence-corrected chi connectivity index (χ1v) is 5.00. The highest BCUT2D eigenvalue weighted by Gasteiger charge is 2.41. The smallest absolute Gasteiger partial charge is 0.425 e. The minimum Gasteiger partial charge on any atom is -0.481 e. The summed E-state index contributed by atoms with van der Waals surface area (Å²) in [5, 5.41) is 0.440. The van der Waals surface area contributed by atoms with Gasteiger partial charge in [-0.25, -0.2) is 0 Å². The van der Waals surface area contributed by atoms with Crippen LogP contribution in [0.1, 0.15) is 6.42 Å². The number of hydrogen-bond donors (Lipinski definition) is 1. The zero-order chi connectivity index (χ0) is 12.2. The lowest BCUT2D eigenvalue weighted by molar-refractivity contribution is -0.196. The fourth-order valence-corrected chi connectivity index (χ4v) is 1.24. The van der Waals surface area contributed by atoms with E-state index in [0.717, 1.165) is 0 Å². The monoisotopic (exact) mass is 253 g/mol. The van der Waals surface area contributed by atoms with Crippen LogP contribution in [-0.2, 0) is 0 Å². The largest absolute Gasteiger partial charge is 0.481 e. The van der Waals surface area contributed by atoms with Crippen LogP contribution in [0.5, 0.6) is 5.75 Å². The van der Waals surface area contributed by atoms with Gasteiger partial charge in [0.05, 0.1) is 0 Å². The van der Waals surface area contributed by atoms with Gasteiger partial charge >= 0.3 is 6.18 Å². The summed E-state index contributed by atoms with van der Waals surface area (Å²) in [5.74, 6) is 0.125. The molecule has 0 spiro atoms. The third-order valence-corrected chi connectivity index (χ3v) is 2.14. The average Bonchev–Trinajstić information content (AvgIpc) is 2.19. The first-order valence-electron chi connectivity index (χ1n) is 4.62. The molecule has 0 aromatic heterocycles. The number of rotatable bonds is 4. The minimum atomic E-state index is -4.42. The molecule has 0 amide bonds. The molecule has 0 aliphatic heterocycles. The van der Waals surface area contributed by atoms with E-state index in [0.29, 0.717) is 5.02 Å². The summed E-state index contributed by atoms with van der Waals surface area (Å²) < 4.78 is 42.2. The maximum Gasteiger partial charge on any atom is 0.425 e. The molecule has 1 unspecified atom stereocenters. The fourth-order valence-electron chi connectivity index (χ4n) is 1.12. The third kappa shape index (κ3) is 3.90. The van der Waals surface area contributed by atoms with Gasteiger partial charge in [0.15, 0.2) is 6.10 Å². The van der Waals surface area contributed by atoms with Crippen LogP contribution in [0, 0.1) is 0 Å². The van der Waals surface area contributed by atoms with Gasteiger partial charge in [-0.15, -0.1) is 0 Å². The van der Waals surface area contributed by atoms with Crippen molar-refractivity contribution < 1.29 is 17.9 Å². The van der Waals surface area contributed by atoms with E-state index in [9.17, 15) is 13.2 Å². The Morgan fingerprint density at radius 1 is 1.25 bits per heavy atom. The molecule has 0 heterocycles. The van der Waals surface area contributed by atoms with Gasteiger partial charge in [-0.1, -0.05) is 11.6 Å². The molecule has 0 saturated heterocycles. The normalized spacial score (nSPS) is 13.6. The van der Waals surface area contributed by atoms with E-state index in [1.165, 1.54) is 24.3 Å². The molecule has 0 bridgehead atoms. The van der Waals surface area contributed by atoms with Crippen molar-refractivity contribution in [2.45, 2.75) is 18.7 Å². The molecule has 0 fully saturated rings. The van der Waals surface area contributed by atoms with Gasteiger partial charge in [-0.05, 0) is 30.8 Å². The molecular weight excluding hydrogens is 243 g/mol. The quantitative estimate of drug-likeness (QED) is 0.895. The molecule has 6 heteroatoms. The molecular formula is C10H11ClF3NO. The number of hydrogen-bond acceptors (Lipinski definition) is 2. The van der Waals surface area contributed by atoms with Crippen LogP contribution < -0.4 is 10.5 Å². The van der Waals surface area contributed by atoms with Crippen molar-refractivity contribution in [1.29, 1.82) is 0 Å². The molecule has 1 atom stereocenters. The Morgan fingerprint density at radius 2 is 1.81 bits per heavy atom. The van der Waals surface area contributed by atoms with Gasteiger partial charge in [0, 0.05) is 11.4 Å². The first-order chi connectivity index (χ1) is 7.43. The topological polar surface area (TPSA) is 35.2 Å². The number of ether oxygens (including phenoxy) is 1. The molecule has 1 aromatic carbocycles. The summed E-state index contributed by atoms with van der Waals surface area (Å²) in [6, 6.07) is 5.70. The van der Waals surface area contributed by atoms with Gasteiger partial charge in [0.1, 0.15) is 5.75 Å². The molecule has 0 aliphatic rings. The Morgan fingerprint density at radius 3 is 2.25 bits per heavy atom. The predicted molar refractivity (Wildman–Crippen MR) is 55.6 cm³/mol. The zero-order valence-corrected chi connectivity index (χ0v) is 9.05. The standard InChI is InChI=1S/C10H11ClF3NO/c11-7-1-3-8(4-2-7)16-9(5-6-15)10(12,13)14/h1-4,9H,5-6,15H2. The maximum atomic E-state index is 12.5. The highest BCUT2D eigenvalue weighted by atomic mass is 35.5. The van der Waals surface area contributed by atoms with Crippen LogP contribution in [0.2, 0.25) is 5.02 Å². The Labute approximate surface area is 96.1 Å². The van der Waals surface area contributed by atoms with Crippen molar-refractivity contribution in [2.75, 3.05) is 6.54 Å². The summed E-state index contributed by atoms with van der Waals surface area (Å²) in [7, 11) is 0. The Kier molecular flexibility index (Phi) is 4.44. The molecule has 0 aliphatic carbocycles. The van der Waals surface area contributed by atoms with Crippen LogP contribution in [0.15, 0.2) is 24.3 Å². The highest BCUT2D eigenvalue weighted by molar-refractivity contribution is 6.30. The Balaban J connectivity index is 2.72. The van der Waals surface area contributed by atoms with E-state index >= 15 is 0 Å². The lowest BCUT2D eigenvalue weighted by atomic mass is 10.2. The minimum absolute atomic E-state index is 0.0855. The van der Waals surface area contributed by atoms with Crippen molar-refractivity contribution in [3.63, 3.8) is 0 Å². The second kappa shape index (κ2) is 5.41. The fraction of sp³-hybridized carbons (Fsp3) is 0.400. The van der Waals surface area contributed by atoms with Crippen LogP contribution in [0.3, 0.4) is 0 Å². The number of alkyl halides is 3. The summed E-state index contributed by atoms with van der Waals surface area (Å²) >= 11 is 5.60. The summed E-state index contributed by atoms with van der Waals surface area (Å²) in [4.78, 5) is 0. The summed E-state index contributed by atoms with van der Waals surface area (Å²) in [6.07, 6.45) is -6.57. The molecule has 2 nitrogen and oxygen atoms in total. The second-order valence-electron chi connectivity index (χ2n) is 3.18. The van der Waals surface area contributed by atoms with Crippen molar-refractivity contribution >= 4 is 11.6 Å². The van der Waals surface area contributed by atoms with Crippen LogP contribution in [0.4, 0.5) is 13.2 Å². The van der Waals surface area contributed by atoms with E-state index in [1.54, 1.807) is 0 Å². The molecule has 90 valence electrons. The lowest BCUT2D eigenvalue weighted by Crippen LogP contribution is -2.36. The average molecular weight is 254 g/mol. The van der Waals surface area contributed by atoms with Crippen molar-refractivity contribution in [3.8, 4) is 5.75 Å². The number of nitrogens with two attached hydrogens (primary N) is 1. The SMILES string of the molecule is NCCC(Oc1ccc(Cl)cc1)C(F)(F)F. The van der Waals surface area contributed by atoms with Gasteiger partial charge < -0.3 is 10.5 Å². The van der Waals surface area contributed by atoms with Gasteiger partial charge in [0.2, 0.25) is 0 Å². The highest BCUT2D eigenvalue weighted by Crippen LogP contribution is 2.27. The Bertz CT molecular complexity index is 326. The van der Waals surface area contributed by atoms with E-state index in [-0.39, 0.29) is 18.7 Å². The van der Waals surface area contributed by atoms with E-state index in [4.69, 9.17) is 22.1 Å². The molecule has 1 rings (SSSR count). The molecule has 2 N–H and O–H groups in total. The van der Waals surface area contributed by atoms with Crippen LogP contribution in [-0.4, -0.2) is 18.8 Å². The summed E-state index contributed by atoms with van der Waals surface area (Å²) in [6.45, 7) is -0.0855. The zero-order valence-electron chi connectivity index (χ0n) is 8.30. The maximum absolute atomic E-state index is 12.5. The van der Waals surface area contributed by atoms with Crippen molar-refractivity contribution in [1.82, 2.24) is 0 Å². The van der Waals surface area contributed by atoms with Gasteiger partial charge in [-0.2, -0.15) is 13.2 Å². The van der Waals surface area contributed by atoms with E-state index in [1.807, 2.05) is 0 Å². The summed E-state index contributed by atoms with van der Waals surface area (Å²) in [5.41, 5.74) is 5.10. The third-order valence-electron chi connectivity index (χ3n) is 1.89. The van der Waals surface area contributed by atoms with Gasteiger partial charge in [-0.3, -0.25) is 0 Å². The molecule has 0 saturated carbocycles. The predicted octanol–water partition coefficient (Wildman–Crippen LogP) is 3.00. The van der Waals surface area contributed by atoms with E-state index in [2.05, 4.69) is 0 Å². The molecule has 0 radical (unpaired) electrons. The molecule has 16 heavy (non-hydrogen) atoms. The van der Waals surface area contributed by atoms with Gasteiger partial charge in [0.25, 0.3) is 0 Å². The van der Waals surface area contributed by atoms with Crippen LogP contribution >= 0.6 is 11.6 Å². The molecule has 1 aromatic rings. The number of benzene rings is 1. The number of halogens is 4.